The van der Waals surface area contributed by atoms with Crippen LogP contribution in [0.2, 0.25) is 0 Å². The molecule has 0 amide bonds. The minimum Gasteiger partial charge on any atom is -0.396 e. The number of rotatable bonds is 9. The van der Waals surface area contributed by atoms with Crippen LogP contribution >= 0.6 is 11.8 Å². The lowest BCUT2D eigenvalue weighted by Crippen LogP contribution is -2.18. The summed E-state index contributed by atoms with van der Waals surface area (Å²) < 4.78 is 32.7. The van der Waals surface area contributed by atoms with Crippen LogP contribution < -0.4 is 5.32 Å². The Morgan fingerprint density at radius 2 is 2.00 bits per heavy atom. The molecule has 1 aromatic rings. The Labute approximate surface area is 122 Å². The zero-order chi connectivity index (χ0) is 15.0. The maximum atomic E-state index is 13.9. The number of ether oxygens (including phenoxy) is 1. The Morgan fingerprint density at radius 3 is 2.55 bits per heavy atom. The predicted molar refractivity (Wildman–Crippen MR) is 77.0 cm³/mol. The summed E-state index contributed by atoms with van der Waals surface area (Å²) >= 11 is 1.11. The monoisotopic (exact) mass is 305 g/mol. The standard InChI is InChI=1S/C14H21F2NO2S/c1-10(3-5-18)20-14-12(15)7-11(8-13(14)16)9-17-4-6-19-2/h7-8,10,17-18H,3-6,9H2,1-2H3. The van der Waals surface area contributed by atoms with Crippen LogP contribution in [0.4, 0.5) is 8.78 Å². The van der Waals surface area contributed by atoms with E-state index >= 15 is 0 Å². The number of nitrogens with one attached hydrogen (secondary N) is 1. The smallest absolute Gasteiger partial charge is 0.140 e. The van der Waals surface area contributed by atoms with Crippen molar-refractivity contribution in [1.82, 2.24) is 5.32 Å². The third-order valence-corrected chi connectivity index (χ3v) is 3.99. The number of benzene rings is 1. The van der Waals surface area contributed by atoms with Crippen molar-refractivity contribution in [1.29, 1.82) is 0 Å². The van der Waals surface area contributed by atoms with Crippen LogP contribution in [0.1, 0.15) is 18.9 Å². The van der Waals surface area contributed by atoms with Crippen LogP contribution in [0.15, 0.2) is 17.0 Å². The highest BCUT2D eigenvalue weighted by molar-refractivity contribution is 8.00. The minimum atomic E-state index is -0.552. The van der Waals surface area contributed by atoms with Crippen molar-refractivity contribution >= 4 is 11.8 Å². The van der Waals surface area contributed by atoms with E-state index in [0.29, 0.717) is 31.7 Å². The fraction of sp³-hybridized carbons (Fsp3) is 0.571. The highest BCUT2D eigenvalue weighted by Crippen LogP contribution is 2.30. The first-order chi connectivity index (χ1) is 9.58. The number of aliphatic hydroxyl groups is 1. The van der Waals surface area contributed by atoms with Crippen LogP contribution in [0, 0.1) is 11.6 Å². The van der Waals surface area contributed by atoms with E-state index in [9.17, 15) is 8.78 Å². The average molecular weight is 305 g/mol. The quantitative estimate of drug-likeness (QED) is 0.543. The van der Waals surface area contributed by atoms with Gasteiger partial charge in [0.25, 0.3) is 0 Å². The van der Waals surface area contributed by atoms with Crippen molar-refractivity contribution in [3.05, 3.63) is 29.3 Å². The van der Waals surface area contributed by atoms with Gasteiger partial charge < -0.3 is 15.2 Å². The lowest BCUT2D eigenvalue weighted by Gasteiger charge is -2.12. The largest absolute Gasteiger partial charge is 0.396 e. The van der Waals surface area contributed by atoms with E-state index in [2.05, 4.69) is 5.32 Å². The van der Waals surface area contributed by atoms with Crippen molar-refractivity contribution in [3.8, 4) is 0 Å². The molecule has 0 fully saturated rings. The maximum Gasteiger partial charge on any atom is 0.140 e. The number of methoxy groups -OCH3 is 1. The first-order valence-corrected chi connectivity index (χ1v) is 7.41. The Morgan fingerprint density at radius 1 is 1.35 bits per heavy atom. The zero-order valence-electron chi connectivity index (χ0n) is 11.8. The van der Waals surface area contributed by atoms with E-state index in [4.69, 9.17) is 9.84 Å². The molecule has 114 valence electrons. The van der Waals surface area contributed by atoms with Gasteiger partial charge in [-0.15, -0.1) is 11.8 Å². The number of aliphatic hydroxyl groups excluding tert-OH is 1. The van der Waals surface area contributed by atoms with E-state index in [1.54, 1.807) is 7.11 Å². The summed E-state index contributed by atoms with van der Waals surface area (Å²) in [6.07, 6.45) is 0.504. The van der Waals surface area contributed by atoms with Crippen molar-refractivity contribution in [2.24, 2.45) is 0 Å². The molecule has 0 aliphatic heterocycles. The zero-order valence-corrected chi connectivity index (χ0v) is 12.6. The Kier molecular flexibility index (Phi) is 8.06. The Bertz CT molecular complexity index is 395. The first kappa shape index (κ1) is 17.4. The molecule has 0 aliphatic rings. The molecule has 0 radical (unpaired) electrons. The molecule has 0 aliphatic carbocycles. The van der Waals surface area contributed by atoms with Gasteiger partial charge in [0, 0.05) is 32.1 Å². The highest BCUT2D eigenvalue weighted by Gasteiger charge is 2.15. The summed E-state index contributed by atoms with van der Waals surface area (Å²) in [7, 11) is 1.60. The lowest BCUT2D eigenvalue weighted by molar-refractivity contribution is 0.199. The van der Waals surface area contributed by atoms with Crippen LogP contribution in [-0.4, -0.2) is 37.2 Å². The van der Waals surface area contributed by atoms with Gasteiger partial charge in [0.15, 0.2) is 0 Å². The molecule has 0 spiro atoms. The molecule has 0 heterocycles. The maximum absolute atomic E-state index is 13.9. The van der Waals surface area contributed by atoms with Crippen molar-refractivity contribution in [2.75, 3.05) is 26.9 Å². The van der Waals surface area contributed by atoms with Gasteiger partial charge in [-0.3, -0.25) is 0 Å². The molecule has 1 aromatic carbocycles. The average Bonchev–Trinajstić information content (AvgIpc) is 2.39. The van der Waals surface area contributed by atoms with Gasteiger partial charge in [0.1, 0.15) is 11.6 Å². The first-order valence-electron chi connectivity index (χ1n) is 6.53. The van der Waals surface area contributed by atoms with Crippen molar-refractivity contribution in [2.45, 2.75) is 30.0 Å². The molecular weight excluding hydrogens is 284 g/mol. The summed E-state index contributed by atoms with van der Waals surface area (Å²) in [6, 6.07) is 2.69. The van der Waals surface area contributed by atoms with E-state index in [1.165, 1.54) is 12.1 Å². The van der Waals surface area contributed by atoms with E-state index < -0.39 is 11.6 Å². The van der Waals surface area contributed by atoms with Gasteiger partial charge in [0.05, 0.1) is 11.5 Å². The fourth-order valence-corrected chi connectivity index (χ4v) is 2.64. The molecule has 2 N–H and O–H groups in total. The summed E-state index contributed by atoms with van der Waals surface area (Å²) in [6.45, 7) is 3.43. The van der Waals surface area contributed by atoms with Gasteiger partial charge in [-0.2, -0.15) is 0 Å². The second kappa shape index (κ2) is 9.28. The van der Waals surface area contributed by atoms with E-state index in [1.807, 2.05) is 6.92 Å². The number of thioether (sulfide) groups is 1. The number of halogens is 2. The van der Waals surface area contributed by atoms with E-state index in [0.717, 1.165) is 11.8 Å². The second-order valence-electron chi connectivity index (χ2n) is 4.50. The third kappa shape index (κ3) is 5.75. The molecule has 20 heavy (non-hydrogen) atoms. The van der Waals surface area contributed by atoms with Crippen LogP contribution in [-0.2, 0) is 11.3 Å². The summed E-state index contributed by atoms with van der Waals surface area (Å²) in [5.41, 5.74) is 0.565. The molecule has 0 saturated carbocycles. The summed E-state index contributed by atoms with van der Waals surface area (Å²) in [5, 5.41) is 11.8. The molecule has 1 unspecified atom stereocenters. The topological polar surface area (TPSA) is 41.5 Å². The van der Waals surface area contributed by atoms with E-state index in [-0.39, 0.29) is 16.8 Å². The third-order valence-electron chi connectivity index (χ3n) is 2.72. The van der Waals surface area contributed by atoms with Crippen LogP contribution in [0.3, 0.4) is 0 Å². The van der Waals surface area contributed by atoms with Gasteiger partial charge in [-0.05, 0) is 24.1 Å². The van der Waals surface area contributed by atoms with Crippen molar-refractivity contribution in [3.63, 3.8) is 0 Å². The van der Waals surface area contributed by atoms with Crippen LogP contribution in [0.25, 0.3) is 0 Å². The van der Waals surface area contributed by atoms with Gasteiger partial charge in [0.2, 0.25) is 0 Å². The SMILES string of the molecule is COCCNCc1cc(F)c(SC(C)CCO)c(F)c1. The second-order valence-corrected chi connectivity index (χ2v) is 5.95. The van der Waals surface area contributed by atoms with Crippen molar-refractivity contribution < 1.29 is 18.6 Å². The Hall–Kier alpha value is -0.690. The molecule has 3 nitrogen and oxygen atoms in total. The molecule has 6 heteroatoms. The molecule has 0 saturated heterocycles. The molecule has 1 atom stereocenters. The van der Waals surface area contributed by atoms with Gasteiger partial charge in [-0.1, -0.05) is 6.92 Å². The molecular formula is C14H21F2NO2S. The summed E-state index contributed by atoms with van der Waals surface area (Å²) in [5.74, 6) is -1.10. The number of hydrogen-bond acceptors (Lipinski definition) is 4. The van der Waals surface area contributed by atoms with Gasteiger partial charge in [-0.25, -0.2) is 8.78 Å². The van der Waals surface area contributed by atoms with Gasteiger partial charge >= 0.3 is 0 Å². The normalized spacial score (nSPS) is 12.7. The lowest BCUT2D eigenvalue weighted by atomic mass is 10.2. The molecule has 1 rings (SSSR count). The number of hydrogen-bond donors (Lipinski definition) is 2. The molecule has 0 bridgehead atoms. The highest BCUT2D eigenvalue weighted by atomic mass is 32.2. The van der Waals surface area contributed by atoms with Crippen LogP contribution in [0.5, 0.6) is 0 Å². The molecule has 0 aromatic heterocycles. The summed E-state index contributed by atoms with van der Waals surface area (Å²) in [4.78, 5) is 0.0200. The predicted octanol–water partition coefficient (Wildman–Crippen LogP) is 2.56. The Balaban J connectivity index is 2.66. The minimum absolute atomic E-state index is 0.0128. The fourth-order valence-electron chi connectivity index (χ4n) is 1.68.